The molecule has 0 bridgehead atoms. The number of nitrogens with zero attached hydrogens (tertiary/aromatic N) is 2. The van der Waals surface area contributed by atoms with Crippen LogP contribution < -0.4 is 14.2 Å². The zero-order valence-corrected chi connectivity index (χ0v) is 21.2. The molecule has 0 spiro atoms. The van der Waals surface area contributed by atoms with Gasteiger partial charge < -0.3 is 29.1 Å². The van der Waals surface area contributed by atoms with E-state index in [0.29, 0.717) is 54.0 Å². The second-order valence-electron chi connectivity index (χ2n) is 9.13. The Bertz CT molecular complexity index is 1090. The van der Waals surface area contributed by atoms with Crippen molar-refractivity contribution in [2.45, 2.75) is 19.9 Å². The molecular weight excluding hydrogens is 448 g/mol. The largest absolute Gasteiger partial charge is 0.507 e. The van der Waals surface area contributed by atoms with E-state index in [1.807, 2.05) is 19.0 Å². The van der Waals surface area contributed by atoms with Gasteiger partial charge in [0, 0.05) is 24.2 Å². The molecule has 3 rings (SSSR count). The van der Waals surface area contributed by atoms with Crippen molar-refractivity contribution < 1.29 is 28.9 Å². The average Bonchev–Trinajstić information content (AvgIpc) is 3.10. The SMILES string of the molecule is COc1ccc(OC)c([C@H]2/C(=C(\O)c3ccc(OCC(C)C)cc3)C(=O)C(=O)N2CCN(C)C)c1. The standard InChI is InChI=1S/C27H34N2O6/c1-17(2)16-35-19-9-7-18(8-10-19)25(30)23-24(21-15-20(33-5)11-12-22(21)34-6)29(14-13-28(3)4)27(32)26(23)31/h7-12,15,17,24,30H,13-14,16H2,1-6H3/b25-23+/t24-/m0/s1. The van der Waals surface area contributed by atoms with Crippen molar-refractivity contribution in [2.24, 2.45) is 5.92 Å². The number of Topliss-reactive ketones (excluding diaryl/α,β-unsaturated/α-hetero) is 1. The normalized spacial score (nSPS) is 17.4. The molecule has 0 unspecified atom stereocenters. The molecule has 35 heavy (non-hydrogen) atoms. The van der Waals surface area contributed by atoms with Crippen molar-refractivity contribution >= 4 is 17.4 Å². The third-order valence-corrected chi connectivity index (χ3v) is 5.77. The van der Waals surface area contributed by atoms with Crippen LogP contribution in [-0.2, 0) is 9.59 Å². The zero-order chi connectivity index (χ0) is 25.7. The Morgan fingerprint density at radius 1 is 1.03 bits per heavy atom. The summed E-state index contributed by atoms with van der Waals surface area (Å²) in [5, 5.41) is 11.3. The first-order valence-corrected chi connectivity index (χ1v) is 11.6. The number of ether oxygens (including phenoxy) is 3. The Morgan fingerprint density at radius 2 is 1.69 bits per heavy atom. The quantitative estimate of drug-likeness (QED) is 0.314. The van der Waals surface area contributed by atoms with Crippen molar-refractivity contribution in [1.82, 2.24) is 9.80 Å². The van der Waals surface area contributed by atoms with Gasteiger partial charge in [0.05, 0.1) is 32.4 Å². The molecule has 188 valence electrons. The number of benzene rings is 2. The highest BCUT2D eigenvalue weighted by Gasteiger charge is 2.47. The zero-order valence-electron chi connectivity index (χ0n) is 21.2. The molecule has 8 nitrogen and oxygen atoms in total. The first-order valence-electron chi connectivity index (χ1n) is 11.6. The van der Waals surface area contributed by atoms with E-state index < -0.39 is 17.7 Å². The second kappa shape index (κ2) is 11.3. The van der Waals surface area contributed by atoms with Gasteiger partial charge in [-0.2, -0.15) is 0 Å². The third-order valence-electron chi connectivity index (χ3n) is 5.77. The Labute approximate surface area is 206 Å². The van der Waals surface area contributed by atoms with E-state index in [0.717, 1.165) is 0 Å². The maximum atomic E-state index is 13.2. The molecule has 1 saturated heterocycles. The summed E-state index contributed by atoms with van der Waals surface area (Å²) in [6, 6.07) is 11.2. The Hall–Kier alpha value is -3.52. The van der Waals surface area contributed by atoms with Crippen molar-refractivity contribution in [3.05, 3.63) is 59.2 Å². The van der Waals surface area contributed by atoms with E-state index in [9.17, 15) is 14.7 Å². The summed E-state index contributed by atoms with van der Waals surface area (Å²) in [6.45, 7) is 5.52. The Morgan fingerprint density at radius 3 is 2.26 bits per heavy atom. The van der Waals surface area contributed by atoms with E-state index in [2.05, 4.69) is 13.8 Å². The number of hydrogen-bond donors (Lipinski definition) is 1. The number of aliphatic hydroxyl groups excluding tert-OH is 1. The van der Waals surface area contributed by atoms with E-state index in [-0.39, 0.29) is 11.3 Å². The summed E-state index contributed by atoms with van der Waals surface area (Å²) in [4.78, 5) is 29.8. The van der Waals surface area contributed by atoms with Gasteiger partial charge in [0.25, 0.3) is 11.7 Å². The van der Waals surface area contributed by atoms with E-state index in [1.54, 1.807) is 42.5 Å². The lowest BCUT2D eigenvalue weighted by atomic mass is 9.94. The van der Waals surface area contributed by atoms with Gasteiger partial charge in [0.2, 0.25) is 0 Å². The van der Waals surface area contributed by atoms with Crippen LogP contribution in [0.15, 0.2) is 48.0 Å². The number of methoxy groups -OCH3 is 2. The topological polar surface area (TPSA) is 88.5 Å². The molecule has 0 aliphatic carbocycles. The molecule has 1 heterocycles. The highest BCUT2D eigenvalue weighted by atomic mass is 16.5. The second-order valence-corrected chi connectivity index (χ2v) is 9.13. The Kier molecular flexibility index (Phi) is 8.40. The molecule has 1 N–H and O–H groups in total. The number of likely N-dealkylation sites (tertiary alicyclic amines) is 1. The molecule has 1 aliphatic heterocycles. The summed E-state index contributed by atoms with van der Waals surface area (Å²) in [7, 11) is 6.84. The van der Waals surface area contributed by atoms with Crippen LogP contribution in [0.25, 0.3) is 5.76 Å². The number of hydrogen-bond acceptors (Lipinski definition) is 7. The molecule has 0 saturated carbocycles. The summed E-state index contributed by atoms with van der Waals surface area (Å²) in [6.07, 6.45) is 0. The van der Waals surface area contributed by atoms with Crippen LogP contribution in [0.1, 0.15) is 31.0 Å². The molecule has 1 aliphatic rings. The van der Waals surface area contributed by atoms with Gasteiger partial charge in [0.15, 0.2) is 0 Å². The smallest absolute Gasteiger partial charge is 0.295 e. The van der Waals surface area contributed by atoms with Crippen molar-refractivity contribution in [3.8, 4) is 17.2 Å². The van der Waals surface area contributed by atoms with Crippen molar-refractivity contribution in [3.63, 3.8) is 0 Å². The maximum Gasteiger partial charge on any atom is 0.295 e. The van der Waals surface area contributed by atoms with E-state index in [4.69, 9.17) is 14.2 Å². The molecular formula is C27H34N2O6. The predicted octanol–water partition coefficient (Wildman–Crippen LogP) is 3.72. The molecule has 2 aromatic rings. The highest BCUT2D eigenvalue weighted by molar-refractivity contribution is 6.46. The lowest BCUT2D eigenvalue weighted by Gasteiger charge is -2.28. The molecule has 8 heteroatoms. The predicted molar refractivity (Wildman–Crippen MR) is 134 cm³/mol. The van der Waals surface area contributed by atoms with Crippen LogP contribution in [0, 0.1) is 5.92 Å². The number of aliphatic hydroxyl groups is 1. The van der Waals surface area contributed by atoms with Crippen molar-refractivity contribution in [1.29, 1.82) is 0 Å². The fourth-order valence-corrected chi connectivity index (χ4v) is 3.92. The number of carbonyl (C=O) groups excluding carboxylic acids is 2. The molecule has 1 amide bonds. The molecule has 2 aromatic carbocycles. The number of rotatable bonds is 10. The monoisotopic (exact) mass is 482 g/mol. The highest BCUT2D eigenvalue weighted by Crippen LogP contribution is 2.43. The van der Waals surface area contributed by atoms with Crippen LogP contribution >= 0.6 is 0 Å². The number of ketones is 1. The minimum Gasteiger partial charge on any atom is -0.507 e. The summed E-state index contributed by atoms with van der Waals surface area (Å²) >= 11 is 0. The van der Waals surface area contributed by atoms with Crippen LogP contribution in [0.2, 0.25) is 0 Å². The van der Waals surface area contributed by atoms with Crippen LogP contribution in [0.5, 0.6) is 17.2 Å². The lowest BCUT2D eigenvalue weighted by molar-refractivity contribution is -0.140. The molecule has 0 radical (unpaired) electrons. The van der Waals surface area contributed by atoms with Crippen molar-refractivity contribution in [2.75, 3.05) is 48.0 Å². The number of amides is 1. The third kappa shape index (κ3) is 5.77. The van der Waals surface area contributed by atoms with Gasteiger partial charge in [-0.15, -0.1) is 0 Å². The number of carbonyl (C=O) groups is 2. The van der Waals surface area contributed by atoms with Gasteiger partial charge >= 0.3 is 0 Å². The molecule has 1 atom stereocenters. The fourth-order valence-electron chi connectivity index (χ4n) is 3.92. The van der Waals surface area contributed by atoms with Gasteiger partial charge in [-0.25, -0.2) is 0 Å². The maximum absolute atomic E-state index is 13.2. The molecule has 1 fully saturated rings. The van der Waals surface area contributed by atoms with Gasteiger partial charge in [-0.05, 0) is 62.5 Å². The van der Waals surface area contributed by atoms with E-state index >= 15 is 0 Å². The van der Waals surface area contributed by atoms with Gasteiger partial charge in [0.1, 0.15) is 23.0 Å². The van der Waals surface area contributed by atoms with Crippen LogP contribution in [0.4, 0.5) is 0 Å². The van der Waals surface area contributed by atoms with Gasteiger partial charge in [-0.1, -0.05) is 13.8 Å². The summed E-state index contributed by atoms with van der Waals surface area (Å²) < 4.78 is 16.7. The first-order chi connectivity index (χ1) is 16.7. The van der Waals surface area contributed by atoms with Gasteiger partial charge in [-0.3, -0.25) is 9.59 Å². The first kappa shape index (κ1) is 26.1. The molecule has 0 aromatic heterocycles. The van der Waals surface area contributed by atoms with Crippen LogP contribution in [-0.4, -0.2) is 74.6 Å². The average molecular weight is 483 g/mol. The summed E-state index contributed by atoms with van der Waals surface area (Å²) in [5.74, 6) is 0.408. The Balaban J connectivity index is 2.12. The van der Waals surface area contributed by atoms with Crippen LogP contribution in [0.3, 0.4) is 0 Å². The minimum atomic E-state index is -0.836. The minimum absolute atomic E-state index is 0.0103. The summed E-state index contributed by atoms with van der Waals surface area (Å²) in [5.41, 5.74) is 0.985. The number of likely N-dealkylation sites (N-methyl/N-ethyl adjacent to an activating group) is 1. The fraction of sp³-hybridized carbons (Fsp3) is 0.407. The van der Waals surface area contributed by atoms with E-state index in [1.165, 1.54) is 19.1 Å². The lowest BCUT2D eigenvalue weighted by Crippen LogP contribution is -2.35.